The molecule has 0 amide bonds. The zero-order chi connectivity index (χ0) is 37.0. The predicted molar refractivity (Wildman–Crippen MR) is 233 cm³/mol. The number of hydrogen-bond acceptors (Lipinski definition) is 5. The van der Waals surface area contributed by atoms with Gasteiger partial charge in [0.25, 0.3) is 0 Å². The average molecular weight is 734 g/mol. The van der Waals surface area contributed by atoms with Crippen LogP contribution in [-0.2, 0) is 0 Å². The van der Waals surface area contributed by atoms with Crippen LogP contribution in [0.15, 0.2) is 192 Å². The van der Waals surface area contributed by atoms with Crippen molar-refractivity contribution in [3.63, 3.8) is 0 Å². The molecule has 262 valence electrons. The third-order valence-electron chi connectivity index (χ3n) is 10.5. The molecule has 0 unspecified atom stereocenters. The molecule has 0 radical (unpaired) electrons. The molecule has 56 heavy (non-hydrogen) atoms. The van der Waals surface area contributed by atoms with Gasteiger partial charge in [0.2, 0.25) is 0 Å². The van der Waals surface area contributed by atoms with Crippen molar-refractivity contribution in [2.45, 2.75) is 0 Å². The fraction of sp³-hybridized carbons (Fsp3) is 0. The van der Waals surface area contributed by atoms with Gasteiger partial charge in [0.1, 0.15) is 11.2 Å². The van der Waals surface area contributed by atoms with Crippen molar-refractivity contribution in [1.29, 1.82) is 0 Å². The van der Waals surface area contributed by atoms with Crippen LogP contribution in [0.25, 0.3) is 110 Å². The maximum atomic E-state index is 6.25. The fourth-order valence-corrected chi connectivity index (χ4v) is 9.08. The molecule has 0 saturated heterocycles. The quantitative estimate of drug-likeness (QED) is 0.171. The Kier molecular flexibility index (Phi) is 7.64. The maximum absolute atomic E-state index is 6.25. The first kappa shape index (κ1) is 32.2. The van der Waals surface area contributed by atoms with Gasteiger partial charge in [-0.3, -0.25) is 0 Å². The minimum absolute atomic E-state index is 0.618. The van der Waals surface area contributed by atoms with Crippen molar-refractivity contribution in [3.8, 4) is 67.5 Å². The molecule has 0 bridgehead atoms. The number of benzene rings is 8. The lowest BCUT2D eigenvalue weighted by molar-refractivity contribution is 0.669. The van der Waals surface area contributed by atoms with Crippen LogP contribution in [0.3, 0.4) is 0 Å². The Morgan fingerprint density at radius 1 is 0.339 bits per heavy atom. The van der Waals surface area contributed by atoms with Gasteiger partial charge in [-0.05, 0) is 70.3 Å². The molecule has 11 rings (SSSR count). The number of fused-ring (bicyclic) bond motifs is 6. The van der Waals surface area contributed by atoms with Gasteiger partial charge < -0.3 is 4.42 Å². The average Bonchev–Trinajstić information content (AvgIpc) is 3.85. The van der Waals surface area contributed by atoms with E-state index in [0.717, 1.165) is 55.1 Å². The zero-order valence-corrected chi connectivity index (χ0v) is 30.9. The molecule has 3 aromatic heterocycles. The molecule has 0 spiro atoms. The van der Waals surface area contributed by atoms with E-state index in [2.05, 4.69) is 152 Å². The Morgan fingerprint density at radius 2 is 0.946 bits per heavy atom. The molecule has 4 nitrogen and oxygen atoms in total. The van der Waals surface area contributed by atoms with E-state index in [1.807, 2.05) is 47.7 Å². The number of rotatable bonds is 6. The van der Waals surface area contributed by atoms with Gasteiger partial charge in [-0.1, -0.05) is 146 Å². The van der Waals surface area contributed by atoms with E-state index in [-0.39, 0.29) is 0 Å². The smallest absolute Gasteiger partial charge is 0.164 e. The molecule has 0 atom stereocenters. The van der Waals surface area contributed by atoms with Crippen molar-refractivity contribution in [2.24, 2.45) is 0 Å². The van der Waals surface area contributed by atoms with Crippen molar-refractivity contribution in [3.05, 3.63) is 188 Å². The van der Waals surface area contributed by atoms with E-state index in [4.69, 9.17) is 19.4 Å². The van der Waals surface area contributed by atoms with Crippen LogP contribution in [0.2, 0.25) is 0 Å². The number of thiophene rings is 1. The van der Waals surface area contributed by atoms with E-state index in [0.29, 0.717) is 17.5 Å². The summed E-state index contributed by atoms with van der Waals surface area (Å²) in [6.07, 6.45) is 0. The first-order valence-corrected chi connectivity index (χ1v) is 19.5. The number of furan rings is 1. The largest absolute Gasteiger partial charge is 0.456 e. The van der Waals surface area contributed by atoms with Gasteiger partial charge in [-0.25, -0.2) is 15.0 Å². The number of aromatic nitrogens is 3. The highest BCUT2D eigenvalue weighted by molar-refractivity contribution is 7.26. The molecule has 8 aromatic carbocycles. The Bertz CT molecular complexity index is 3240. The second-order valence-electron chi connectivity index (χ2n) is 14.0. The summed E-state index contributed by atoms with van der Waals surface area (Å²) in [5.74, 6) is 1.89. The molecule has 11 aromatic rings. The zero-order valence-electron chi connectivity index (χ0n) is 30.1. The normalized spacial score (nSPS) is 11.6. The lowest BCUT2D eigenvalue weighted by atomic mass is 9.95. The lowest BCUT2D eigenvalue weighted by Crippen LogP contribution is -2.00. The van der Waals surface area contributed by atoms with E-state index >= 15 is 0 Å². The summed E-state index contributed by atoms with van der Waals surface area (Å²) >= 11 is 1.82. The standard InChI is InChI=1S/C51H31N3OS/c1-4-14-32(15-5-1)38-29-42(33-16-6-2-7-17-33)48-43(30-38)47-41(23-13-25-46(47)56-48)51-53-49(34-18-8-3-9-19-34)52-50(54-51)37-21-12-20-35(28-37)36-26-27-40-39-22-10-11-24-44(39)55-45(40)31-36/h1-31H. The van der Waals surface area contributed by atoms with E-state index in [1.54, 1.807) is 0 Å². The summed E-state index contributed by atoms with van der Waals surface area (Å²) in [7, 11) is 0. The molecule has 0 saturated carbocycles. The Balaban J connectivity index is 1.11. The molecule has 0 aliphatic carbocycles. The SMILES string of the molecule is c1ccc(-c2cc(-c3ccccc3)c3sc4cccc(-c5nc(-c6ccccc6)nc(-c6cccc(-c7ccc8c(c7)oc7ccccc78)c6)n5)c4c3c2)cc1. The van der Waals surface area contributed by atoms with Gasteiger partial charge in [0, 0.05) is 53.2 Å². The number of nitrogens with zero attached hydrogens (tertiary/aromatic N) is 3. The summed E-state index contributed by atoms with van der Waals surface area (Å²) in [4.78, 5) is 15.6. The van der Waals surface area contributed by atoms with Crippen LogP contribution >= 0.6 is 11.3 Å². The minimum Gasteiger partial charge on any atom is -0.456 e. The fourth-order valence-electron chi connectivity index (χ4n) is 7.83. The Morgan fingerprint density at radius 3 is 1.75 bits per heavy atom. The Hall–Kier alpha value is -7.21. The van der Waals surface area contributed by atoms with Crippen molar-refractivity contribution in [1.82, 2.24) is 15.0 Å². The molecule has 5 heteroatoms. The Labute approximate surface area is 327 Å². The summed E-state index contributed by atoms with van der Waals surface area (Å²) < 4.78 is 8.68. The lowest BCUT2D eigenvalue weighted by Gasteiger charge is -2.11. The molecule has 3 heterocycles. The highest BCUT2D eigenvalue weighted by Gasteiger charge is 2.20. The summed E-state index contributed by atoms with van der Waals surface area (Å²) in [6, 6.07) is 65.7. The van der Waals surface area contributed by atoms with Crippen LogP contribution < -0.4 is 0 Å². The first-order chi connectivity index (χ1) is 27.7. The minimum atomic E-state index is 0.618. The maximum Gasteiger partial charge on any atom is 0.164 e. The summed E-state index contributed by atoms with van der Waals surface area (Å²) in [5.41, 5.74) is 11.5. The van der Waals surface area contributed by atoms with Crippen LogP contribution in [-0.4, -0.2) is 15.0 Å². The molecule has 0 aliphatic rings. The van der Waals surface area contributed by atoms with E-state index < -0.39 is 0 Å². The van der Waals surface area contributed by atoms with Gasteiger partial charge in [0.05, 0.1) is 0 Å². The molecular formula is C51H31N3OS. The number of hydrogen-bond donors (Lipinski definition) is 0. The summed E-state index contributed by atoms with van der Waals surface area (Å²) in [6.45, 7) is 0. The van der Waals surface area contributed by atoms with Crippen molar-refractivity contribution < 1.29 is 4.42 Å². The molecule has 0 N–H and O–H groups in total. The number of para-hydroxylation sites is 1. The van der Waals surface area contributed by atoms with Gasteiger partial charge in [0.15, 0.2) is 17.5 Å². The van der Waals surface area contributed by atoms with Crippen LogP contribution in [0.4, 0.5) is 0 Å². The van der Waals surface area contributed by atoms with Gasteiger partial charge >= 0.3 is 0 Å². The van der Waals surface area contributed by atoms with Crippen molar-refractivity contribution in [2.75, 3.05) is 0 Å². The van der Waals surface area contributed by atoms with Gasteiger partial charge in [-0.15, -0.1) is 11.3 Å². The highest BCUT2D eigenvalue weighted by Crippen LogP contribution is 2.46. The predicted octanol–water partition coefficient (Wildman–Crippen LogP) is 14.1. The van der Waals surface area contributed by atoms with Crippen LogP contribution in [0.5, 0.6) is 0 Å². The van der Waals surface area contributed by atoms with E-state index in [9.17, 15) is 0 Å². The molecule has 0 fully saturated rings. The van der Waals surface area contributed by atoms with Crippen LogP contribution in [0.1, 0.15) is 0 Å². The monoisotopic (exact) mass is 733 g/mol. The second kappa shape index (κ2) is 13.3. The topological polar surface area (TPSA) is 51.8 Å². The summed E-state index contributed by atoms with van der Waals surface area (Å²) in [5, 5.41) is 4.56. The second-order valence-corrected chi connectivity index (χ2v) is 15.0. The molecular weight excluding hydrogens is 703 g/mol. The first-order valence-electron chi connectivity index (χ1n) is 18.7. The third kappa shape index (κ3) is 5.56. The third-order valence-corrected chi connectivity index (χ3v) is 11.7. The van der Waals surface area contributed by atoms with Crippen molar-refractivity contribution >= 4 is 53.4 Å². The van der Waals surface area contributed by atoms with E-state index in [1.165, 1.54) is 37.0 Å². The van der Waals surface area contributed by atoms with Crippen LogP contribution in [0, 0.1) is 0 Å². The van der Waals surface area contributed by atoms with Gasteiger partial charge in [-0.2, -0.15) is 0 Å². The highest BCUT2D eigenvalue weighted by atomic mass is 32.1. The molecule has 0 aliphatic heterocycles.